The first-order valence-corrected chi connectivity index (χ1v) is 12.2. The Kier molecular flexibility index (Phi) is 4.78. The zero-order valence-electron chi connectivity index (χ0n) is 18.3. The van der Waals surface area contributed by atoms with Crippen LogP contribution >= 0.6 is 0 Å². The molecular weight excluding hydrogens is 386 g/mol. The van der Waals surface area contributed by atoms with Gasteiger partial charge in [-0.2, -0.15) is 0 Å². The average molecular weight is 420 g/mol. The van der Waals surface area contributed by atoms with Crippen LogP contribution in [0.4, 0.5) is 11.6 Å². The molecule has 2 saturated heterocycles. The molecule has 0 radical (unpaired) electrons. The van der Waals surface area contributed by atoms with Gasteiger partial charge >= 0.3 is 0 Å². The van der Waals surface area contributed by atoms with Gasteiger partial charge in [-0.15, -0.1) is 0 Å². The maximum Gasteiger partial charge on any atom is 0.255 e. The van der Waals surface area contributed by atoms with Gasteiger partial charge in [0.2, 0.25) is 5.95 Å². The van der Waals surface area contributed by atoms with Gasteiger partial charge in [-0.3, -0.25) is 9.78 Å². The number of nitrogens with zero attached hydrogens (tertiary/aromatic N) is 2. The van der Waals surface area contributed by atoms with Crippen molar-refractivity contribution in [3.63, 3.8) is 0 Å². The van der Waals surface area contributed by atoms with Gasteiger partial charge in [0.25, 0.3) is 5.56 Å². The van der Waals surface area contributed by atoms with E-state index in [1.807, 2.05) is 0 Å². The number of hydrogen-bond donors (Lipinski definition) is 3. The first-order chi connectivity index (χ1) is 15.2. The predicted octanol–water partition coefficient (Wildman–Crippen LogP) is 3.08. The molecule has 1 aromatic heterocycles. The third kappa shape index (κ3) is 3.36. The van der Waals surface area contributed by atoms with Gasteiger partial charge in [-0.05, 0) is 87.6 Å². The second-order valence-corrected chi connectivity index (χ2v) is 9.97. The van der Waals surface area contributed by atoms with Crippen molar-refractivity contribution in [3.8, 4) is 0 Å². The van der Waals surface area contributed by atoms with Crippen LogP contribution in [0.2, 0.25) is 0 Å². The van der Waals surface area contributed by atoms with Crippen molar-refractivity contribution in [3.05, 3.63) is 50.9 Å². The predicted molar refractivity (Wildman–Crippen MR) is 124 cm³/mol. The summed E-state index contributed by atoms with van der Waals surface area (Å²) in [4.78, 5) is 22.8. The average Bonchev–Trinajstić information content (AvgIpc) is 3.17. The molecule has 4 aliphatic rings. The molecule has 4 heterocycles. The number of anilines is 2. The summed E-state index contributed by atoms with van der Waals surface area (Å²) in [7, 11) is 0. The summed E-state index contributed by atoms with van der Waals surface area (Å²) in [5.41, 5.74) is 6.59. The molecule has 31 heavy (non-hydrogen) atoms. The third-order valence-electron chi connectivity index (χ3n) is 8.24. The molecule has 0 unspecified atom stereocenters. The number of nitrogens with one attached hydrogen (secondary N) is 3. The Morgan fingerprint density at radius 1 is 1.06 bits per heavy atom. The number of benzene rings is 1. The van der Waals surface area contributed by atoms with Gasteiger partial charge in [0.1, 0.15) is 0 Å². The van der Waals surface area contributed by atoms with E-state index in [1.54, 1.807) is 0 Å². The molecule has 2 fully saturated rings. The molecule has 164 valence electrons. The van der Waals surface area contributed by atoms with Crippen LogP contribution in [0.1, 0.15) is 66.8 Å². The SMILES string of the molecule is O=c1[nH]c(N2CCC3(CC2)CNc2cc(C4CCNCC4)ccc23)nc2c1CCCC2. The fraction of sp³-hybridized carbons (Fsp3) is 0.600. The topological polar surface area (TPSA) is 73.1 Å². The molecule has 0 saturated carbocycles. The van der Waals surface area contributed by atoms with E-state index in [0.717, 1.165) is 88.5 Å². The highest BCUT2D eigenvalue weighted by molar-refractivity contribution is 5.63. The van der Waals surface area contributed by atoms with E-state index >= 15 is 0 Å². The molecular formula is C25H33N5O. The fourth-order valence-corrected chi connectivity index (χ4v) is 6.27. The summed E-state index contributed by atoms with van der Waals surface area (Å²) in [6, 6.07) is 7.22. The quantitative estimate of drug-likeness (QED) is 0.698. The highest BCUT2D eigenvalue weighted by Crippen LogP contribution is 2.45. The van der Waals surface area contributed by atoms with Gasteiger partial charge in [0.05, 0.1) is 5.69 Å². The molecule has 1 aromatic carbocycles. The summed E-state index contributed by atoms with van der Waals surface area (Å²) in [6.07, 6.45) is 8.75. The molecule has 3 N–H and O–H groups in total. The molecule has 6 rings (SSSR count). The monoisotopic (exact) mass is 419 g/mol. The Labute approximate surface area is 183 Å². The zero-order chi connectivity index (χ0) is 20.8. The van der Waals surface area contributed by atoms with Crippen LogP contribution in [0.25, 0.3) is 0 Å². The lowest BCUT2D eigenvalue weighted by atomic mass is 9.74. The summed E-state index contributed by atoms with van der Waals surface area (Å²) >= 11 is 0. The van der Waals surface area contributed by atoms with Crippen molar-refractivity contribution < 1.29 is 0 Å². The number of aromatic nitrogens is 2. The van der Waals surface area contributed by atoms with Crippen LogP contribution < -0.4 is 21.1 Å². The van der Waals surface area contributed by atoms with E-state index in [4.69, 9.17) is 4.98 Å². The van der Waals surface area contributed by atoms with Crippen LogP contribution in [0.3, 0.4) is 0 Å². The van der Waals surface area contributed by atoms with Crippen molar-refractivity contribution in [1.82, 2.24) is 15.3 Å². The first kappa shape index (κ1) is 19.4. The van der Waals surface area contributed by atoms with Crippen LogP contribution in [0.15, 0.2) is 23.0 Å². The first-order valence-electron chi connectivity index (χ1n) is 12.2. The molecule has 2 aromatic rings. The number of rotatable bonds is 2. The third-order valence-corrected chi connectivity index (χ3v) is 8.24. The van der Waals surface area contributed by atoms with Crippen molar-refractivity contribution in [1.29, 1.82) is 0 Å². The van der Waals surface area contributed by atoms with E-state index in [9.17, 15) is 4.79 Å². The number of fused-ring (bicyclic) bond motifs is 3. The van der Waals surface area contributed by atoms with E-state index < -0.39 is 0 Å². The second-order valence-electron chi connectivity index (χ2n) is 9.97. The van der Waals surface area contributed by atoms with Crippen molar-refractivity contribution >= 4 is 11.6 Å². The number of aromatic amines is 1. The summed E-state index contributed by atoms with van der Waals surface area (Å²) in [5, 5.41) is 7.21. The van der Waals surface area contributed by atoms with Crippen LogP contribution in [0, 0.1) is 0 Å². The molecule has 1 aliphatic carbocycles. The summed E-state index contributed by atoms with van der Waals surface area (Å²) in [6.45, 7) is 5.18. The van der Waals surface area contributed by atoms with Crippen molar-refractivity contribution in [2.75, 3.05) is 42.9 Å². The minimum absolute atomic E-state index is 0.0818. The van der Waals surface area contributed by atoms with E-state index in [-0.39, 0.29) is 11.0 Å². The lowest BCUT2D eigenvalue weighted by Crippen LogP contribution is -2.45. The van der Waals surface area contributed by atoms with Gasteiger partial charge in [0.15, 0.2) is 0 Å². The van der Waals surface area contributed by atoms with Crippen LogP contribution in [-0.2, 0) is 18.3 Å². The van der Waals surface area contributed by atoms with Gasteiger partial charge in [0, 0.05) is 36.3 Å². The molecule has 6 nitrogen and oxygen atoms in total. The van der Waals surface area contributed by atoms with Crippen LogP contribution in [-0.4, -0.2) is 42.7 Å². The minimum Gasteiger partial charge on any atom is -0.384 e. The maximum absolute atomic E-state index is 12.6. The Morgan fingerprint density at radius 2 is 1.87 bits per heavy atom. The summed E-state index contributed by atoms with van der Waals surface area (Å²) in [5.74, 6) is 1.48. The molecule has 6 heteroatoms. The second kappa shape index (κ2) is 7.66. The summed E-state index contributed by atoms with van der Waals surface area (Å²) < 4.78 is 0. The van der Waals surface area contributed by atoms with Crippen LogP contribution in [0.5, 0.6) is 0 Å². The molecule has 1 spiro atoms. The lowest BCUT2D eigenvalue weighted by Gasteiger charge is -2.39. The molecule has 0 bridgehead atoms. The number of hydrogen-bond acceptors (Lipinski definition) is 5. The van der Waals surface area contributed by atoms with Gasteiger partial charge in [-0.1, -0.05) is 12.1 Å². The highest BCUT2D eigenvalue weighted by Gasteiger charge is 2.42. The maximum atomic E-state index is 12.6. The van der Waals surface area contributed by atoms with Gasteiger partial charge < -0.3 is 15.5 Å². The largest absolute Gasteiger partial charge is 0.384 e. The van der Waals surface area contributed by atoms with Crippen molar-refractivity contribution in [2.45, 2.75) is 62.7 Å². The fourth-order valence-electron chi connectivity index (χ4n) is 6.27. The lowest BCUT2D eigenvalue weighted by molar-refractivity contribution is 0.359. The Balaban J connectivity index is 1.20. The molecule has 0 atom stereocenters. The van der Waals surface area contributed by atoms with E-state index in [1.165, 1.54) is 29.7 Å². The Morgan fingerprint density at radius 3 is 2.71 bits per heavy atom. The normalized spacial score (nSPS) is 22.8. The number of piperidine rings is 2. The zero-order valence-corrected chi connectivity index (χ0v) is 18.3. The Hall–Kier alpha value is -2.34. The standard InChI is InChI=1S/C25H33N5O/c31-23-19-3-1-2-4-21(19)28-24(29-23)30-13-9-25(10-14-30)16-27-22-15-18(5-6-20(22)25)17-7-11-26-12-8-17/h5-6,15,17,26-27H,1-4,7-14,16H2,(H,28,29,31). The van der Waals surface area contributed by atoms with E-state index in [2.05, 4.69) is 38.7 Å². The molecule has 3 aliphatic heterocycles. The number of aryl methyl sites for hydroxylation is 1. The van der Waals surface area contributed by atoms with Crippen molar-refractivity contribution in [2.24, 2.45) is 0 Å². The number of H-pyrrole nitrogens is 1. The Bertz CT molecular complexity index is 1030. The van der Waals surface area contributed by atoms with Gasteiger partial charge in [-0.25, -0.2) is 4.98 Å². The minimum atomic E-state index is 0.0818. The molecule has 0 amide bonds. The highest BCUT2D eigenvalue weighted by atomic mass is 16.1. The smallest absolute Gasteiger partial charge is 0.255 e. The van der Waals surface area contributed by atoms with E-state index in [0.29, 0.717) is 5.92 Å².